The maximum Gasteiger partial charge on any atom is 0.261 e. The van der Waals surface area contributed by atoms with E-state index in [9.17, 15) is 9.18 Å². The van der Waals surface area contributed by atoms with Crippen molar-refractivity contribution in [2.45, 2.75) is 0 Å². The summed E-state index contributed by atoms with van der Waals surface area (Å²) in [6.07, 6.45) is 4.72. The normalized spacial score (nSPS) is 10.7. The number of carbonyl (C=O) groups excluding carboxylic acids is 1. The van der Waals surface area contributed by atoms with Gasteiger partial charge in [-0.25, -0.2) is 14.1 Å². The number of methoxy groups -OCH3 is 1. The number of carbonyl (C=O) groups is 1. The zero-order chi connectivity index (χ0) is 20.4. The molecule has 0 bridgehead atoms. The molecule has 0 spiro atoms. The molecule has 2 aromatic carbocycles. The minimum Gasteiger partial charge on any atom is -0.497 e. The predicted molar refractivity (Wildman–Crippen MR) is 107 cm³/mol. The fourth-order valence-corrected chi connectivity index (χ4v) is 2.90. The molecule has 7 nitrogen and oxygen atoms in total. The summed E-state index contributed by atoms with van der Waals surface area (Å²) in [5.74, 6) is 0.507. The van der Waals surface area contributed by atoms with Crippen LogP contribution in [-0.4, -0.2) is 32.3 Å². The van der Waals surface area contributed by atoms with E-state index in [0.29, 0.717) is 17.2 Å². The zero-order valence-corrected chi connectivity index (χ0v) is 15.8. The molecule has 0 fully saturated rings. The maximum atomic E-state index is 13.1. The van der Waals surface area contributed by atoms with Crippen molar-refractivity contribution in [3.8, 4) is 22.7 Å². The maximum absolute atomic E-state index is 13.1. The van der Waals surface area contributed by atoms with Gasteiger partial charge in [-0.15, -0.1) is 0 Å². The van der Waals surface area contributed by atoms with Gasteiger partial charge in [0.05, 0.1) is 36.4 Å². The van der Waals surface area contributed by atoms with Gasteiger partial charge in [0.15, 0.2) is 0 Å². The number of aromatic nitrogens is 4. The third-order valence-electron chi connectivity index (χ3n) is 4.54. The quantitative estimate of drug-likeness (QED) is 0.563. The average Bonchev–Trinajstić information content (AvgIpc) is 3.37. The standard InChI is InChI=1S/C21H18FN5O2/c1-26-19(14-3-9-18(29-2)10-4-14)12-23-21(26)25-20(28)15-11-24-27(13-15)17-7-5-16(22)6-8-17/h3-13H,1-2H3,(H,23,25,28). The lowest BCUT2D eigenvalue weighted by Gasteiger charge is -2.07. The summed E-state index contributed by atoms with van der Waals surface area (Å²) >= 11 is 0. The molecule has 29 heavy (non-hydrogen) atoms. The van der Waals surface area contributed by atoms with Crippen LogP contribution in [0.15, 0.2) is 67.1 Å². The van der Waals surface area contributed by atoms with Crippen molar-refractivity contribution in [1.29, 1.82) is 0 Å². The van der Waals surface area contributed by atoms with E-state index in [1.165, 1.54) is 23.0 Å². The van der Waals surface area contributed by atoms with Crippen LogP contribution in [0, 0.1) is 5.82 Å². The van der Waals surface area contributed by atoms with Crippen molar-refractivity contribution in [2.24, 2.45) is 7.05 Å². The summed E-state index contributed by atoms with van der Waals surface area (Å²) in [7, 11) is 3.44. The lowest BCUT2D eigenvalue weighted by atomic mass is 10.1. The number of amides is 1. The fraction of sp³-hybridized carbons (Fsp3) is 0.0952. The van der Waals surface area contributed by atoms with Crippen LogP contribution < -0.4 is 10.1 Å². The van der Waals surface area contributed by atoms with Crippen molar-refractivity contribution in [3.05, 3.63) is 78.5 Å². The molecule has 0 radical (unpaired) electrons. The number of nitrogens with zero attached hydrogens (tertiary/aromatic N) is 4. The summed E-state index contributed by atoms with van der Waals surface area (Å²) < 4.78 is 21.6. The number of hydrogen-bond donors (Lipinski definition) is 1. The van der Waals surface area contributed by atoms with Gasteiger partial charge < -0.3 is 9.30 Å². The predicted octanol–water partition coefficient (Wildman–Crippen LogP) is 3.67. The number of imidazole rings is 1. The van der Waals surface area contributed by atoms with E-state index in [4.69, 9.17) is 4.74 Å². The Balaban J connectivity index is 1.52. The minimum absolute atomic E-state index is 0.332. The van der Waals surface area contributed by atoms with E-state index in [1.807, 2.05) is 31.3 Å². The van der Waals surface area contributed by atoms with Crippen LogP contribution >= 0.6 is 0 Å². The highest BCUT2D eigenvalue weighted by Gasteiger charge is 2.15. The molecule has 0 saturated heterocycles. The Hall–Kier alpha value is -3.94. The number of halogens is 1. The van der Waals surface area contributed by atoms with Crippen LogP contribution in [0.1, 0.15) is 10.4 Å². The summed E-state index contributed by atoms with van der Waals surface area (Å²) in [4.78, 5) is 16.9. The van der Waals surface area contributed by atoms with Crippen molar-refractivity contribution in [2.75, 3.05) is 12.4 Å². The zero-order valence-electron chi connectivity index (χ0n) is 15.8. The molecule has 2 aromatic heterocycles. The molecule has 2 heterocycles. The smallest absolute Gasteiger partial charge is 0.261 e. The van der Waals surface area contributed by atoms with Crippen LogP contribution in [0.25, 0.3) is 16.9 Å². The molecule has 0 saturated carbocycles. The van der Waals surface area contributed by atoms with Gasteiger partial charge >= 0.3 is 0 Å². The summed E-state index contributed by atoms with van der Waals surface area (Å²) in [5.41, 5.74) is 2.82. The van der Waals surface area contributed by atoms with Gasteiger partial charge in [0.1, 0.15) is 11.6 Å². The third kappa shape index (κ3) is 3.73. The molecule has 4 aromatic rings. The fourth-order valence-electron chi connectivity index (χ4n) is 2.90. The first-order valence-electron chi connectivity index (χ1n) is 8.83. The second-order valence-corrected chi connectivity index (χ2v) is 6.36. The summed E-state index contributed by atoms with van der Waals surface area (Å²) in [6.45, 7) is 0. The number of anilines is 1. The molecule has 0 aliphatic heterocycles. The van der Waals surface area contributed by atoms with Gasteiger partial charge in [0, 0.05) is 18.8 Å². The van der Waals surface area contributed by atoms with Crippen LogP contribution in [0.2, 0.25) is 0 Å². The van der Waals surface area contributed by atoms with Gasteiger partial charge in [-0.3, -0.25) is 10.1 Å². The second kappa shape index (κ2) is 7.59. The lowest BCUT2D eigenvalue weighted by molar-refractivity contribution is 0.102. The molecule has 8 heteroatoms. The third-order valence-corrected chi connectivity index (χ3v) is 4.54. The second-order valence-electron chi connectivity index (χ2n) is 6.36. The lowest BCUT2D eigenvalue weighted by Crippen LogP contribution is -2.14. The topological polar surface area (TPSA) is 74.0 Å². The number of ether oxygens (including phenoxy) is 1. The van der Waals surface area contributed by atoms with Crippen LogP contribution in [0.5, 0.6) is 5.75 Å². The van der Waals surface area contributed by atoms with Gasteiger partial charge in [0.2, 0.25) is 5.95 Å². The van der Waals surface area contributed by atoms with Crippen molar-refractivity contribution >= 4 is 11.9 Å². The monoisotopic (exact) mass is 391 g/mol. The van der Waals surface area contributed by atoms with Crippen LogP contribution in [-0.2, 0) is 7.05 Å². The first kappa shape index (κ1) is 18.4. The molecule has 0 aliphatic rings. The van der Waals surface area contributed by atoms with Crippen LogP contribution in [0.4, 0.5) is 10.3 Å². The molecule has 1 amide bonds. The van der Waals surface area contributed by atoms with E-state index in [1.54, 1.807) is 36.2 Å². The van der Waals surface area contributed by atoms with E-state index in [2.05, 4.69) is 15.4 Å². The Morgan fingerprint density at radius 2 is 1.79 bits per heavy atom. The summed E-state index contributed by atoms with van der Waals surface area (Å²) in [5, 5.41) is 6.95. The van der Waals surface area contributed by atoms with E-state index < -0.39 is 0 Å². The highest BCUT2D eigenvalue weighted by molar-refractivity contribution is 6.03. The Morgan fingerprint density at radius 1 is 1.07 bits per heavy atom. The van der Waals surface area contributed by atoms with E-state index in [0.717, 1.165) is 17.0 Å². The molecule has 4 rings (SSSR count). The van der Waals surface area contributed by atoms with Gasteiger partial charge in [-0.05, 0) is 48.5 Å². The highest BCUT2D eigenvalue weighted by atomic mass is 19.1. The molecular formula is C21H18FN5O2. The Bertz CT molecular complexity index is 1150. The number of benzene rings is 2. The van der Waals surface area contributed by atoms with Crippen molar-refractivity contribution in [1.82, 2.24) is 19.3 Å². The number of nitrogens with one attached hydrogen (secondary N) is 1. The van der Waals surface area contributed by atoms with Gasteiger partial charge in [-0.2, -0.15) is 5.10 Å². The Kier molecular flexibility index (Phi) is 4.82. The highest BCUT2D eigenvalue weighted by Crippen LogP contribution is 2.24. The molecule has 146 valence electrons. The number of hydrogen-bond acceptors (Lipinski definition) is 4. The first-order valence-corrected chi connectivity index (χ1v) is 8.83. The largest absolute Gasteiger partial charge is 0.497 e. The summed E-state index contributed by atoms with van der Waals surface area (Å²) in [6, 6.07) is 13.4. The first-order chi connectivity index (χ1) is 14.0. The van der Waals surface area contributed by atoms with Crippen molar-refractivity contribution in [3.63, 3.8) is 0 Å². The van der Waals surface area contributed by atoms with Gasteiger partial charge in [0.25, 0.3) is 5.91 Å². The molecule has 0 unspecified atom stereocenters. The molecule has 1 N–H and O–H groups in total. The Morgan fingerprint density at radius 3 is 2.48 bits per heavy atom. The van der Waals surface area contributed by atoms with E-state index >= 15 is 0 Å². The van der Waals surface area contributed by atoms with Crippen LogP contribution in [0.3, 0.4) is 0 Å². The minimum atomic E-state index is -0.339. The number of rotatable bonds is 5. The molecule has 0 aliphatic carbocycles. The van der Waals surface area contributed by atoms with Gasteiger partial charge in [-0.1, -0.05) is 0 Å². The van der Waals surface area contributed by atoms with E-state index in [-0.39, 0.29) is 11.7 Å². The van der Waals surface area contributed by atoms with Crippen molar-refractivity contribution < 1.29 is 13.9 Å². The molecule has 0 atom stereocenters. The SMILES string of the molecule is COc1ccc(-c2cnc(NC(=O)c3cnn(-c4ccc(F)cc4)c3)n2C)cc1. The average molecular weight is 391 g/mol. The molecular weight excluding hydrogens is 373 g/mol. The Labute approximate surface area is 166 Å².